The van der Waals surface area contributed by atoms with E-state index in [-0.39, 0.29) is 39.1 Å². The molecule has 0 aliphatic heterocycles. The molecular weight excluding hydrogens is 757 g/mol. The van der Waals surface area contributed by atoms with E-state index in [1.807, 2.05) is 0 Å². The highest BCUT2D eigenvalue weighted by atomic mass is 16.5. The molecule has 0 aromatic carbocycles. The van der Waals surface area contributed by atoms with Crippen molar-refractivity contribution in [2.75, 3.05) is 6.61 Å². The van der Waals surface area contributed by atoms with E-state index in [9.17, 15) is 9.90 Å². The van der Waals surface area contributed by atoms with Crippen LogP contribution in [0.4, 0.5) is 0 Å². The molecule has 9 atom stereocenters. The second-order valence-corrected chi connectivity index (χ2v) is 25.3. The van der Waals surface area contributed by atoms with Crippen molar-refractivity contribution in [3.05, 3.63) is 11.6 Å². The molecule has 0 bridgehead atoms. The van der Waals surface area contributed by atoms with Gasteiger partial charge < -0.3 is 9.84 Å². The number of carbonyl (C=O) groups is 1. The summed E-state index contributed by atoms with van der Waals surface area (Å²) in [5.41, 5.74) is 2.80. The first-order chi connectivity index (χ1) is 29.6. The fourth-order valence-electron chi connectivity index (χ4n) is 16.0. The molecule has 5 rings (SSSR count). The Morgan fingerprint density at radius 1 is 0.613 bits per heavy atom. The Morgan fingerprint density at radius 2 is 1.10 bits per heavy atom. The van der Waals surface area contributed by atoms with Gasteiger partial charge in [0, 0.05) is 23.9 Å². The molecule has 5 aliphatic carbocycles. The van der Waals surface area contributed by atoms with E-state index in [1.54, 1.807) is 5.57 Å². The summed E-state index contributed by atoms with van der Waals surface area (Å²) < 4.78 is 6.46. The summed E-state index contributed by atoms with van der Waals surface area (Å²) in [4.78, 5) is 13.3. The summed E-state index contributed by atoms with van der Waals surface area (Å²) >= 11 is 0. The van der Waals surface area contributed by atoms with Crippen molar-refractivity contribution in [2.24, 2.45) is 56.2 Å². The standard InChI is InChI=1S/C59H106O3/c1-10-11-12-13-14-15-16-17-18-19-20-21-22-23-24-25-26-27-28-29-30-31-32-33-34-35-53(61)62-52-39-40-56(7)50(55(52,5)6)38-41-57(8)51(56)37-36-48-49-45-54(3,4)42-43-59(49,46-60)47(2)44-58(48,57)9/h36,47,49-52,60H,10-35,37-46H2,1-9H3. The summed E-state index contributed by atoms with van der Waals surface area (Å²) in [6.45, 7) is 23.0. The number of rotatable bonds is 28. The van der Waals surface area contributed by atoms with E-state index in [0.717, 1.165) is 19.3 Å². The number of allylic oxidation sites excluding steroid dienone is 2. The molecule has 3 nitrogen and oxygen atoms in total. The molecule has 5 aliphatic rings. The highest BCUT2D eigenvalue weighted by Crippen LogP contribution is 2.76. The minimum Gasteiger partial charge on any atom is -0.462 e. The van der Waals surface area contributed by atoms with Gasteiger partial charge >= 0.3 is 5.97 Å². The van der Waals surface area contributed by atoms with E-state index in [4.69, 9.17) is 4.74 Å². The highest BCUT2D eigenvalue weighted by molar-refractivity contribution is 5.69. The van der Waals surface area contributed by atoms with Gasteiger partial charge in [-0.25, -0.2) is 0 Å². The normalized spacial score (nSPS) is 34.7. The third-order valence-electron chi connectivity index (χ3n) is 20.3. The van der Waals surface area contributed by atoms with Crippen LogP contribution in [0.1, 0.15) is 287 Å². The maximum absolute atomic E-state index is 13.3. The Morgan fingerprint density at radius 3 is 1.58 bits per heavy atom. The van der Waals surface area contributed by atoms with Gasteiger partial charge in [0.25, 0.3) is 0 Å². The van der Waals surface area contributed by atoms with Crippen molar-refractivity contribution in [3.63, 3.8) is 0 Å². The number of hydrogen-bond acceptors (Lipinski definition) is 3. The second kappa shape index (κ2) is 23.8. The molecule has 9 unspecified atom stereocenters. The van der Waals surface area contributed by atoms with Crippen LogP contribution in [-0.2, 0) is 9.53 Å². The zero-order valence-corrected chi connectivity index (χ0v) is 43.2. The summed E-state index contributed by atoms with van der Waals surface area (Å²) in [7, 11) is 0. The lowest BCUT2D eigenvalue weighted by Crippen LogP contribution is -2.66. The number of esters is 1. The molecule has 0 spiro atoms. The number of hydrogen-bond donors (Lipinski definition) is 1. The van der Waals surface area contributed by atoms with Crippen molar-refractivity contribution in [3.8, 4) is 0 Å². The minimum atomic E-state index is -0.0138. The number of fused-ring (bicyclic) bond motifs is 7. The molecule has 0 aromatic heterocycles. The SMILES string of the molecule is CCCCCCCCCCCCCCCCCCCCCCCCCCCC(=O)OC1CCC2(C)C(CCC3(C)C2CC=C2C4CC(C)(C)CCC4(CO)C(C)CC23C)C1(C)C. The average molecular weight is 863 g/mol. The fourth-order valence-corrected chi connectivity index (χ4v) is 16.0. The number of aliphatic hydroxyl groups excluding tert-OH is 1. The molecular formula is C59H106O3. The second-order valence-electron chi connectivity index (χ2n) is 25.3. The monoisotopic (exact) mass is 863 g/mol. The first-order valence-electron chi connectivity index (χ1n) is 28.1. The lowest BCUT2D eigenvalue weighted by atomic mass is 9.32. The van der Waals surface area contributed by atoms with E-state index in [0.29, 0.717) is 42.1 Å². The quantitative estimate of drug-likeness (QED) is 0.0484. The Kier molecular flexibility index (Phi) is 20.0. The van der Waals surface area contributed by atoms with E-state index < -0.39 is 0 Å². The number of carbonyl (C=O) groups excluding carboxylic acids is 1. The van der Waals surface area contributed by atoms with E-state index >= 15 is 0 Å². The largest absolute Gasteiger partial charge is 0.462 e. The molecule has 62 heavy (non-hydrogen) atoms. The van der Waals surface area contributed by atoms with Crippen LogP contribution in [0.2, 0.25) is 0 Å². The lowest BCUT2D eigenvalue weighted by Gasteiger charge is -2.72. The molecule has 1 N–H and O–H groups in total. The van der Waals surface area contributed by atoms with Gasteiger partial charge in [-0.3, -0.25) is 4.79 Å². The third kappa shape index (κ3) is 12.2. The van der Waals surface area contributed by atoms with Crippen LogP contribution in [0.5, 0.6) is 0 Å². The predicted octanol–water partition coefficient (Wildman–Crippen LogP) is 18.1. The van der Waals surface area contributed by atoms with Gasteiger partial charge in [-0.1, -0.05) is 228 Å². The zero-order chi connectivity index (χ0) is 44.9. The van der Waals surface area contributed by atoms with Crippen LogP contribution in [0.3, 0.4) is 0 Å². The van der Waals surface area contributed by atoms with E-state index in [1.165, 1.54) is 199 Å². The first-order valence-corrected chi connectivity index (χ1v) is 28.1. The maximum Gasteiger partial charge on any atom is 0.306 e. The predicted molar refractivity (Wildman–Crippen MR) is 266 cm³/mol. The minimum absolute atomic E-state index is 0.0138. The molecule has 4 fully saturated rings. The smallest absolute Gasteiger partial charge is 0.306 e. The summed E-state index contributed by atoms with van der Waals surface area (Å²) in [5.74, 6) is 2.31. The van der Waals surface area contributed by atoms with Crippen molar-refractivity contribution >= 4 is 5.97 Å². The topological polar surface area (TPSA) is 46.5 Å². The van der Waals surface area contributed by atoms with Crippen LogP contribution >= 0.6 is 0 Å². The first kappa shape index (κ1) is 52.1. The summed E-state index contributed by atoms with van der Waals surface area (Å²) in [6, 6.07) is 0. The van der Waals surface area contributed by atoms with Crippen LogP contribution in [-0.4, -0.2) is 23.8 Å². The van der Waals surface area contributed by atoms with Crippen LogP contribution in [0.25, 0.3) is 0 Å². The molecule has 0 heterocycles. The molecule has 0 amide bonds. The van der Waals surface area contributed by atoms with Crippen molar-refractivity contribution < 1.29 is 14.6 Å². The Hall–Kier alpha value is -0.830. The lowest BCUT2D eigenvalue weighted by molar-refractivity contribution is -0.217. The third-order valence-corrected chi connectivity index (χ3v) is 20.3. The number of aliphatic hydroxyl groups is 1. The fraction of sp³-hybridized carbons (Fsp3) is 0.949. The zero-order valence-electron chi connectivity index (χ0n) is 43.2. The molecule has 360 valence electrons. The molecule has 0 aromatic rings. The Balaban J connectivity index is 0.921. The van der Waals surface area contributed by atoms with Crippen LogP contribution in [0, 0.1) is 56.2 Å². The van der Waals surface area contributed by atoms with Gasteiger partial charge in [0.15, 0.2) is 0 Å². The average Bonchev–Trinajstić information content (AvgIpc) is 3.22. The van der Waals surface area contributed by atoms with Gasteiger partial charge in [0.2, 0.25) is 0 Å². The molecule has 0 radical (unpaired) electrons. The van der Waals surface area contributed by atoms with Crippen molar-refractivity contribution in [1.82, 2.24) is 0 Å². The van der Waals surface area contributed by atoms with Gasteiger partial charge in [-0.05, 0) is 110 Å². The van der Waals surface area contributed by atoms with Crippen molar-refractivity contribution in [2.45, 2.75) is 293 Å². The molecule has 3 heteroatoms. The Labute approximate surface area is 386 Å². The van der Waals surface area contributed by atoms with Gasteiger partial charge in [0.05, 0.1) is 0 Å². The Bertz CT molecular complexity index is 1360. The highest BCUT2D eigenvalue weighted by Gasteiger charge is 2.69. The van der Waals surface area contributed by atoms with Crippen LogP contribution < -0.4 is 0 Å². The number of unbranched alkanes of at least 4 members (excludes halogenated alkanes) is 24. The van der Waals surface area contributed by atoms with Gasteiger partial charge in [-0.2, -0.15) is 0 Å². The van der Waals surface area contributed by atoms with E-state index in [2.05, 4.69) is 68.4 Å². The number of ether oxygens (including phenoxy) is 1. The van der Waals surface area contributed by atoms with Gasteiger partial charge in [-0.15, -0.1) is 0 Å². The van der Waals surface area contributed by atoms with Crippen LogP contribution in [0.15, 0.2) is 11.6 Å². The summed E-state index contributed by atoms with van der Waals surface area (Å²) in [6.07, 6.45) is 49.0. The van der Waals surface area contributed by atoms with Crippen molar-refractivity contribution in [1.29, 1.82) is 0 Å². The molecule has 4 saturated carbocycles. The van der Waals surface area contributed by atoms with Gasteiger partial charge in [0.1, 0.15) is 6.10 Å². The maximum atomic E-state index is 13.3. The summed E-state index contributed by atoms with van der Waals surface area (Å²) in [5, 5.41) is 11.0. The molecule has 0 saturated heterocycles.